The van der Waals surface area contributed by atoms with Gasteiger partial charge in [0, 0.05) is 0 Å². The second kappa shape index (κ2) is 12.7. The van der Waals surface area contributed by atoms with Gasteiger partial charge in [0.1, 0.15) is 0 Å². The minimum absolute atomic E-state index is 0.163. The van der Waals surface area contributed by atoms with Crippen LogP contribution in [-0.2, 0) is 9.53 Å². The first-order valence-electron chi connectivity index (χ1n) is 7.62. The first-order chi connectivity index (χ1) is 9.45. The van der Waals surface area contributed by atoms with E-state index in [1.54, 1.807) is 0 Å². The quantitative estimate of drug-likeness (QED) is 0.282. The molecule has 0 saturated carbocycles. The van der Waals surface area contributed by atoms with Crippen molar-refractivity contribution >= 4 is 47.5 Å². The minimum atomic E-state index is -3.05. The van der Waals surface area contributed by atoms with Gasteiger partial charge >= 0.3 is 139 Å². The molecule has 0 aromatic heterocycles. The second-order valence-electron chi connectivity index (χ2n) is 5.13. The third kappa shape index (κ3) is 11.8. The van der Waals surface area contributed by atoms with Gasteiger partial charge in [0.15, 0.2) is 0 Å². The summed E-state index contributed by atoms with van der Waals surface area (Å²) in [6.07, 6.45) is 6.74. The Bertz CT molecular complexity index is 266. The van der Waals surface area contributed by atoms with Crippen LogP contribution in [0.3, 0.4) is 0 Å². The Morgan fingerprint density at radius 2 is 1.85 bits per heavy atom. The molecule has 0 heterocycles. The molecule has 120 valence electrons. The van der Waals surface area contributed by atoms with Crippen LogP contribution in [0.5, 0.6) is 0 Å². The SMILES string of the molecule is CCCCC(CC)COC(=O)C[S][Sn]([Cl])([Cl])[CH2]CCC. The van der Waals surface area contributed by atoms with Gasteiger partial charge in [-0.2, -0.15) is 0 Å². The molecule has 0 aromatic carbocycles. The Balaban J connectivity index is 3.86. The van der Waals surface area contributed by atoms with Crippen LogP contribution >= 0.6 is 26.8 Å². The molecular weight excluding hydrogens is 422 g/mol. The van der Waals surface area contributed by atoms with Crippen LogP contribution in [-0.4, -0.2) is 33.1 Å². The predicted octanol–water partition coefficient (Wildman–Crippen LogP) is 5.70. The molecule has 0 amide bonds. The van der Waals surface area contributed by atoms with Crippen LogP contribution in [0.4, 0.5) is 0 Å². The zero-order valence-electron chi connectivity index (χ0n) is 12.9. The van der Waals surface area contributed by atoms with Gasteiger partial charge in [-0.3, -0.25) is 0 Å². The summed E-state index contributed by atoms with van der Waals surface area (Å²) in [5.41, 5.74) is 0. The Morgan fingerprint density at radius 1 is 1.20 bits per heavy atom. The number of carbonyl (C=O) groups excluding carboxylic acids is 1. The van der Waals surface area contributed by atoms with Gasteiger partial charge in [-0.1, -0.05) is 0 Å². The van der Waals surface area contributed by atoms with Crippen LogP contribution in [0.15, 0.2) is 0 Å². The molecule has 0 aromatic rings. The van der Waals surface area contributed by atoms with Crippen LogP contribution in [0.1, 0.15) is 59.3 Å². The topological polar surface area (TPSA) is 26.3 Å². The van der Waals surface area contributed by atoms with E-state index in [0.29, 0.717) is 18.3 Å². The summed E-state index contributed by atoms with van der Waals surface area (Å²) in [6, 6.07) is 0. The molecule has 0 saturated heterocycles. The number of halogens is 2. The molecule has 1 unspecified atom stereocenters. The summed E-state index contributed by atoms with van der Waals surface area (Å²) < 4.78 is 6.25. The summed E-state index contributed by atoms with van der Waals surface area (Å²) in [4.78, 5) is 11.7. The monoisotopic (exact) mass is 450 g/mol. The summed E-state index contributed by atoms with van der Waals surface area (Å²) in [7, 11) is 14.2. The van der Waals surface area contributed by atoms with Crippen LogP contribution in [0, 0.1) is 5.92 Å². The molecule has 0 radical (unpaired) electrons. The molecule has 0 rings (SSSR count). The Morgan fingerprint density at radius 3 is 2.40 bits per heavy atom. The predicted molar refractivity (Wildman–Crippen MR) is 93.9 cm³/mol. The fourth-order valence-electron chi connectivity index (χ4n) is 1.77. The number of rotatable bonds is 12. The zero-order chi connectivity index (χ0) is 15.4. The van der Waals surface area contributed by atoms with Crippen molar-refractivity contribution in [3.05, 3.63) is 0 Å². The number of unbranched alkanes of at least 4 members (excludes halogenated alkanes) is 2. The van der Waals surface area contributed by atoms with E-state index in [2.05, 4.69) is 20.8 Å². The molecule has 0 bridgehead atoms. The van der Waals surface area contributed by atoms with Crippen molar-refractivity contribution in [1.82, 2.24) is 0 Å². The summed E-state index contributed by atoms with van der Waals surface area (Å²) in [5.74, 6) is 0.643. The van der Waals surface area contributed by atoms with Gasteiger partial charge in [0.05, 0.1) is 0 Å². The number of hydrogen-bond donors (Lipinski definition) is 0. The van der Waals surface area contributed by atoms with Crippen molar-refractivity contribution in [3.63, 3.8) is 0 Å². The Hall–Kier alpha value is 1.20. The third-order valence-corrected chi connectivity index (χ3v) is 19.9. The van der Waals surface area contributed by atoms with E-state index >= 15 is 0 Å². The van der Waals surface area contributed by atoms with Crippen molar-refractivity contribution in [1.29, 1.82) is 0 Å². The molecule has 0 aliphatic heterocycles. The van der Waals surface area contributed by atoms with Gasteiger partial charge in [-0.05, 0) is 0 Å². The Kier molecular flexibility index (Phi) is 13.5. The molecule has 2 nitrogen and oxygen atoms in total. The number of ether oxygens (including phenoxy) is 1. The summed E-state index contributed by atoms with van der Waals surface area (Å²) >= 11 is -3.05. The fraction of sp³-hybridized carbons (Fsp3) is 0.929. The van der Waals surface area contributed by atoms with E-state index < -0.39 is 14.7 Å². The van der Waals surface area contributed by atoms with Crippen molar-refractivity contribution in [2.75, 3.05) is 12.4 Å². The molecule has 0 fully saturated rings. The zero-order valence-corrected chi connectivity index (χ0v) is 18.1. The van der Waals surface area contributed by atoms with Crippen molar-refractivity contribution in [2.45, 2.75) is 63.7 Å². The van der Waals surface area contributed by atoms with E-state index in [9.17, 15) is 4.79 Å². The number of hydrogen-bond acceptors (Lipinski definition) is 3. The Labute approximate surface area is 138 Å². The van der Waals surface area contributed by atoms with Gasteiger partial charge in [0.2, 0.25) is 0 Å². The van der Waals surface area contributed by atoms with E-state index in [0.717, 1.165) is 30.1 Å². The molecule has 0 N–H and O–H groups in total. The summed E-state index contributed by atoms with van der Waals surface area (Å²) in [5, 5.41) is 0. The molecule has 20 heavy (non-hydrogen) atoms. The maximum atomic E-state index is 11.7. The van der Waals surface area contributed by atoms with Crippen molar-refractivity contribution in [2.24, 2.45) is 5.92 Å². The van der Waals surface area contributed by atoms with Gasteiger partial charge in [-0.15, -0.1) is 0 Å². The van der Waals surface area contributed by atoms with Crippen molar-refractivity contribution < 1.29 is 9.53 Å². The van der Waals surface area contributed by atoms with Crippen LogP contribution < -0.4 is 0 Å². The molecule has 1 atom stereocenters. The van der Waals surface area contributed by atoms with Gasteiger partial charge < -0.3 is 0 Å². The van der Waals surface area contributed by atoms with E-state index in [4.69, 9.17) is 22.6 Å². The number of carbonyl (C=O) groups is 1. The van der Waals surface area contributed by atoms with E-state index in [1.807, 2.05) is 0 Å². The molecule has 6 heteroatoms. The average molecular weight is 450 g/mol. The van der Waals surface area contributed by atoms with Gasteiger partial charge in [-0.25, -0.2) is 0 Å². The molecular formula is C14H28Cl2O2SSn. The van der Waals surface area contributed by atoms with E-state index in [-0.39, 0.29) is 5.97 Å². The molecule has 0 aliphatic rings. The second-order valence-corrected chi connectivity index (χ2v) is 30.9. The van der Waals surface area contributed by atoms with E-state index in [1.165, 1.54) is 21.8 Å². The van der Waals surface area contributed by atoms with Crippen LogP contribution in [0.25, 0.3) is 0 Å². The molecule has 0 aliphatic carbocycles. The maximum absolute atomic E-state index is 11.7. The normalized spacial score (nSPS) is 13.2. The third-order valence-electron chi connectivity index (χ3n) is 3.25. The van der Waals surface area contributed by atoms with Gasteiger partial charge in [0.25, 0.3) is 0 Å². The van der Waals surface area contributed by atoms with Crippen molar-refractivity contribution in [3.8, 4) is 0 Å². The summed E-state index contributed by atoms with van der Waals surface area (Å²) in [6.45, 7) is 6.99. The first kappa shape index (κ1) is 21.2. The first-order valence-corrected chi connectivity index (χ1v) is 21.3. The average Bonchev–Trinajstić information content (AvgIpc) is 2.43. The molecule has 0 spiro atoms. The van der Waals surface area contributed by atoms with Crippen LogP contribution in [0.2, 0.25) is 4.44 Å². The number of esters is 1. The standard InChI is InChI=1S/C10H20O2S.C4H9.2ClH.Sn/c1-3-5-6-9(4-2)7-12-10(11)8-13;1-3-4-2;;;/h9,13H,3-8H2,1-2H3;1,3-4H2,2H3;2*1H;/q;;;;+3/p-3. The fourth-order valence-corrected chi connectivity index (χ4v) is 13.5.